The van der Waals surface area contributed by atoms with E-state index in [9.17, 15) is 20.1 Å². The van der Waals surface area contributed by atoms with Gasteiger partial charge in [-0.1, -0.05) is 6.92 Å². The van der Waals surface area contributed by atoms with E-state index < -0.39 is 36.7 Å². The molecule has 0 bridgehead atoms. The van der Waals surface area contributed by atoms with Crippen molar-refractivity contribution in [1.29, 1.82) is 0 Å². The summed E-state index contributed by atoms with van der Waals surface area (Å²) in [6.45, 7) is 3.57. The fourth-order valence-electron chi connectivity index (χ4n) is 1.49. The van der Waals surface area contributed by atoms with Crippen molar-refractivity contribution in [2.45, 2.75) is 57.1 Å². The molecule has 7 nitrogen and oxygen atoms in total. The van der Waals surface area contributed by atoms with Crippen LogP contribution in [0.25, 0.3) is 0 Å². The van der Waals surface area contributed by atoms with Gasteiger partial charge in [-0.3, -0.25) is 0 Å². The first kappa shape index (κ1) is 14.3. The zero-order chi connectivity index (χ0) is 13.2. The Kier molecular flexibility index (Phi) is 4.84. The molecule has 1 fully saturated rings. The molecule has 0 aromatic rings. The molecule has 1 aliphatic rings. The first-order valence-corrected chi connectivity index (χ1v) is 5.46. The number of aliphatic carboxylic acids is 1. The van der Waals surface area contributed by atoms with Crippen molar-refractivity contribution in [3.05, 3.63) is 0 Å². The van der Waals surface area contributed by atoms with Crippen LogP contribution < -0.4 is 0 Å². The number of carbonyl (C=O) groups is 1. The summed E-state index contributed by atoms with van der Waals surface area (Å²) in [5.41, 5.74) is 0. The van der Waals surface area contributed by atoms with Gasteiger partial charge in [-0.2, -0.15) is 0 Å². The lowest BCUT2D eigenvalue weighted by molar-refractivity contribution is -0.303. The van der Waals surface area contributed by atoms with Gasteiger partial charge in [-0.25, -0.2) is 4.79 Å². The van der Waals surface area contributed by atoms with Crippen LogP contribution in [0.5, 0.6) is 0 Å². The van der Waals surface area contributed by atoms with Crippen molar-refractivity contribution >= 4 is 5.97 Å². The zero-order valence-electron chi connectivity index (χ0n) is 9.68. The Morgan fingerprint density at radius 1 is 1.29 bits per heavy atom. The van der Waals surface area contributed by atoms with E-state index in [0.29, 0.717) is 6.42 Å². The summed E-state index contributed by atoms with van der Waals surface area (Å²) in [6.07, 6.45) is -7.26. The van der Waals surface area contributed by atoms with Crippen molar-refractivity contribution in [3.8, 4) is 0 Å². The van der Waals surface area contributed by atoms with Gasteiger partial charge < -0.3 is 29.9 Å². The number of hydrogen-bond acceptors (Lipinski definition) is 6. The van der Waals surface area contributed by atoms with Crippen LogP contribution in [0.2, 0.25) is 0 Å². The standard InChI is InChI=1S/C10H18O7/c1-3-4(2)16-10-7(13)5(11)6(12)8(17-10)9(14)15/h4-8,10-13H,3H2,1-2H3,(H,14,15)/t4?,5?,6-,7+,8?,10+/m1/s1. The zero-order valence-corrected chi connectivity index (χ0v) is 9.68. The number of aliphatic hydroxyl groups excluding tert-OH is 3. The van der Waals surface area contributed by atoms with Crippen molar-refractivity contribution in [1.82, 2.24) is 0 Å². The Hall–Kier alpha value is -0.730. The van der Waals surface area contributed by atoms with Gasteiger partial charge in [0.05, 0.1) is 6.10 Å². The number of aliphatic hydroxyl groups is 3. The summed E-state index contributed by atoms with van der Waals surface area (Å²) in [4.78, 5) is 10.8. The third-order valence-corrected chi connectivity index (χ3v) is 2.75. The Morgan fingerprint density at radius 2 is 1.88 bits per heavy atom. The van der Waals surface area contributed by atoms with E-state index in [-0.39, 0.29) is 6.10 Å². The number of ether oxygens (including phenoxy) is 2. The molecule has 0 amide bonds. The van der Waals surface area contributed by atoms with Crippen LogP contribution >= 0.6 is 0 Å². The second kappa shape index (κ2) is 5.74. The summed E-state index contributed by atoms with van der Waals surface area (Å²) in [6, 6.07) is 0. The Bertz CT molecular complexity index is 269. The number of hydrogen-bond donors (Lipinski definition) is 4. The van der Waals surface area contributed by atoms with Crippen molar-refractivity contribution < 1.29 is 34.7 Å². The van der Waals surface area contributed by atoms with Crippen molar-refractivity contribution in [3.63, 3.8) is 0 Å². The second-order valence-electron chi connectivity index (χ2n) is 4.09. The van der Waals surface area contributed by atoms with Crippen LogP contribution in [0.1, 0.15) is 20.3 Å². The van der Waals surface area contributed by atoms with Gasteiger partial charge in [0.25, 0.3) is 0 Å². The summed E-state index contributed by atoms with van der Waals surface area (Å²) in [5.74, 6) is -1.42. The van der Waals surface area contributed by atoms with Gasteiger partial charge in [-0.15, -0.1) is 0 Å². The highest BCUT2D eigenvalue weighted by molar-refractivity contribution is 5.73. The minimum atomic E-state index is -1.68. The Morgan fingerprint density at radius 3 is 2.35 bits per heavy atom. The molecule has 3 unspecified atom stereocenters. The third kappa shape index (κ3) is 3.14. The molecule has 100 valence electrons. The van der Waals surface area contributed by atoms with Gasteiger partial charge in [0.15, 0.2) is 12.4 Å². The van der Waals surface area contributed by atoms with Crippen LogP contribution in [0.3, 0.4) is 0 Å². The topological polar surface area (TPSA) is 116 Å². The maximum Gasteiger partial charge on any atom is 0.335 e. The van der Waals surface area contributed by atoms with Gasteiger partial charge in [0.1, 0.15) is 18.3 Å². The molecule has 6 atom stereocenters. The molecule has 1 saturated heterocycles. The lowest BCUT2D eigenvalue weighted by atomic mass is 9.99. The summed E-state index contributed by atoms with van der Waals surface area (Å²) in [5, 5.41) is 37.3. The number of carboxylic acid groups (broad SMARTS) is 1. The fraction of sp³-hybridized carbons (Fsp3) is 0.900. The molecule has 17 heavy (non-hydrogen) atoms. The minimum Gasteiger partial charge on any atom is -0.479 e. The average Bonchev–Trinajstić information content (AvgIpc) is 2.29. The molecule has 0 aromatic carbocycles. The van der Waals surface area contributed by atoms with Crippen LogP contribution in [-0.4, -0.2) is 63.2 Å². The number of rotatable bonds is 4. The normalized spacial score (nSPS) is 39.9. The van der Waals surface area contributed by atoms with E-state index in [2.05, 4.69) is 0 Å². The first-order valence-electron chi connectivity index (χ1n) is 5.46. The van der Waals surface area contributed by atoms with Crippen LogP contribution in [0.4, 0.5) is 0 Å². The summed E-state index contributed by atoms with van der Waals surface area (Å²) in [7, 11) is 0. The lowest BCUT2D eigenvalue weighted by Gasteiger charge is -2.39. The summed E-state index contributed by atoms with van der Waals surface area (Å²) < 4.78 is 10.2. The largest absolute Gasteiger partial charge is 0.479 e. The highest BCUT2D eigenvalue weighted by Crippen LogP contribution is 2.23. The Balaban J connectivity index is 2.74. The molecule has 1 rings (SSSR count). The molecule has 4 N–H and O–H groups in total. The highest BCUT2D eigenvalue weighted by Gasteiger charge is 2.47. The van der Waals surface area contributed by atoms with Crippen LogP contribution in [0.15, 0.2) is 0 Å². The maximum absolute atomic E-state index is 10.8. The van der Waals surface area contributed by atoms with Crippen molar-refractivity contribution in [2.75, 3.05) is 0 Å². The molecular formula is C10H18O7. The molecular weight excluding hydrogens is 232 g/mol. The maximum atomic E-state index is 10.8. The monoisotopic (exact) mass is 250 g/mol. The van der Waals surface area contributed by atoms with Crippen LogP contribution in [0, 0.1) is 0 Å². The summed E-state index contributed by atoms with van der Waals surface area (Å²) >= 11 is 0. The molecule has 0 aromatic heterocycles. The van der Waals surface area contributed by atoms with Gasteiger partial charge in [-0.05, 0) is 13.3 Å². The highest BCUT2D eigenvalue weighted by atomic mass is 16.7. The quantitative estimate of drug-likeness (QED) is 0.489. The second-order valence-corrected chi connectivity index (χ2v) is 4.09. The average molecular weight is 250 g/mol. The fourth-order valence-corrected chi connectivity index (χ4v) is 1.49. The van der Waals surface area contributed by atoms with Gasteiger partial charge in [0.2, 0.25) is 0 Å². The SMILES string of the molecule is CCC(C)O[C@H]1OC(C(=O)O)[C@H](O)C(O)[C@@H]1O. The lowest BCUT2D eigenvalue weighted by Crippen LogP contribution is -2.60. The first-order chi connectivity index (χ1) is 7.88. The molecule has 1 aliphatic heterocycles. The van der Waals surface area contributed by atoms with Crippen LogP contribution in [-0.2, 0) is 14.3 Å². The van der Waals surface area contributed by atoms with Gasteiger partial charge in [0, 0.05) is 0 Å². The predicted octanol–water partition coefficient (Wildman–Crippen LogP) is -1.31. The van der Waals surface area contributed by atoms with E-state index >= 15 is 0 Å². The van der Waals surface area contributed by atoms with E-state index in [1.807, 2.05) is 6.92 Å². The smallest absolute Gasteiger partial charge is 0.335 e. The molecule has 0 aliphatic carbocycles. The van der Waals surface area contributed by atoms with Gasteiger partial charge >= 0.3 is 5.97 Å². The van der Waals surface area contributed by atoms with E-state index in [4.69, 9.17) is 14.6 Å². The van der Waals surface area contributed by atoms with E-state index in [1.54, 1.807) is 6.92 Å². The third-order valence-electron chi connectivity index (χ3n) is 2.75. The number of carboxylic acids is 1. The van der Waals surface area contributed by atoms with Crippen molar-refractivity contribution in [2.24, 2.45) is 0 Å². The molecule has 0 spiro atoms. The minimum absolute atomic E-state index is 0.258. The molecule has 1 heterocycles. The predicted molar refractivity (Wildman–Crippen MR) is 55.2 cm³/mol. The molecule has 0 saturated carbocycles. The molecule has 0 radical (unpaired) electrons. The van der Waals surface area contributed by atoms with E-state index in [0.717, 1.165) is 0 Å². The Labute approximate surface area is 98.6 Å². The van der Waals surface area contributed by atoms with E-state index in [1.165, 1.54) is 0 Å². The molecule has 7 heteroatoms.